The summed E-state index contributed by atoms with van der Waals surface area (Å²) in [5.74, 6) is 1.23. The fourth-order valence-electron chi connectivity index (χ4n) is 1.93. The number of nitrogens with one attached hydrogen (secondary N) is 1. The lowest BCUT2D eigenvalue weighted by Crippen LogP contribution is -2.15. The van der Waals surface area contributed by atoms with Gasteiger partial charge >= 0.3 is 0 Å². The average molecular weight is 330 g/mol. The number of ether oxygens (including phenoxy) is 1. The van der Waals surface area contributed by atoms with E-state index < -0.39 is 5.91 Å². The molecule has 0 saturated heterocycles. The predicted molar refractivity (Wildman–Crippen MR) is 92.7 cm³/mol. The maximum atomic E-state index is 11.9. The third kappa shape index (κ3) is 5.34. The van der Waals surface area contributed by atoms with Crippen molar-refractivity contribution in [3.05, 3.63) is 59.7 Å². The molecule has 23 heavy (non-hydrogen) atoms. The maximum Gasteiger partial charge on any atom is 0.248 e. The van der Waals surface area contributed by atoms with E-state index in [0.717, 1.165) is 17.1 Å². The third-order valence-corrected chi connectivity index (χ3v) is 4.10. The number of benzene rings is 2. The molecule has 0 heterocycles. The lowest BCUT2D eigenvalue weighted by atomic mass is 10.2. The van der Waals surface area contributed by atoms with Gasteiger partial charge in [-0.15, -0.1) is 11.8 Å². The average Bonchev–Trinajstić information content (AvgIpc) is 2.55. The normalized spacial score (nSPS) is 10.1. The SMILES string of the molecule is COc1ccc(CSCC(=O)Nc2cccc(C(N)=O)c2)cc1. The second-order valence-electron chi connectivity index (χ2n) is 4.83. The zero-order valence-electron chi connectivity index (χ0n) is 12.7. The summed E-state index contributed by atoms with van der Waals surface area (Å²) in [6.45, 7) is 0. The van der Waals surface area contributed by atoms with E-state index in [2.05, 4.69) is 5.32 Å². The van der Waals surface area contributed by atoms with Crippen LogP contribution in [0.5, 0.6) is 5.75 Å². The summed E-state index contributed by atoms with van der Waals surface area (Å²) in [5.41, 5.74) is 7.27. The van der Waals surface area contributed by atoms with Crippen molar-refractivity contribution in [2.75, 3.05) is 18.2 Å². The van der Waals surface area contributed by atoms with Crippen molar-refractivity contribution in [1.82, 2.24) is 0 Å². The molecule has 0 atom stereocenters. The van der Waals surface area contributed by atoms with Crippen LogP contribution < -0.4 is 15.8 Å². The summed E-state index contributed by atoms with van der Waals surface area (Å²) < 4.78 is 5.10. The van der Waals surface area contributed by atoms with Crippen molar-refractivity contribution >= 4 is 29.3 Å². The number of primary amides is 1. The lowest BCUT2D eigenvalue weighted by Gasteiger charge is -2.07. The zero-order valence-corrected chi connectivity index (χ0v) is 13.6. The van der Waals surface area contributed by atoms with Crippen molar-refractivity contribution in [3.63, 3.8) is 0 Å². The largest absolute Gasteiger partial charge is 0.497 e. The van der Waals surface area contributed by atoms with Gasteiger partial charge in [0.05, 0.1) is 12.9 Å². The number of nitrogens with two attached hydrogens (primary N) is 1. The summed E-state index contributed by atoms with van der Waals surface area (Å²) in [5, 5.41) is 2.75. The molecule has 0 spiro atoms. The van der Waals surface area contributed by atoms with Gasteiger partial charge in [-0.05, 0) is 35.9 Å². The number of rotatable bonds is 7. The van der Waals surface area contributed by atoms with Crippen LogP contribution in [0.15, 0.2) is 48.5 Å². The number of thioether (sulfide) groups is 1. The van der Waals surface area contributed by atoms with Crippen LogP contribution in [0.25, 0.3) is 0 Å². The minimum atomic E-state index is -0.519. The first-order valence-corrected chi connectivity index (χ1v) is 8.14. The molecular weight excluding hydrogens is 312 g/mol. The fraction of sp³-hybridized carbons (Fsp3) is 0.176. The van der Waals surface area contributed by atoms with E-state index in [9.17, 15) is 9.59 Å². The van der Waals surface area contributed by atoms with Crippen LogP contribution in [0.1, 0.15) is 15.9 Å². The summed E-state index contributed by atoms with van der Waals surface area (Å²) in [6, 6.07) is 14.3. The Balaban J connectivity index is 1.80. The Morgan fingerprint density at radius 1 is 1.17 bits per heavy atom. The van der Waals surface area contributed by atoms with Gasteiger partial charge in [-0.25, -0.2) is 0 Å². The molecule has 0 fully saturated rings. The van der Waals surface area contributed by atoms with Crippen molar-refractivity contribution in [3.8, 4) is 5.75 Å². The number of carbonyl (C=O) groups excluding carboxylic acids is 2. The highest BCUT2D eigenvalue weighted by Gasteiger charge is 2.06. The first-order chi connectivity index (χ1) is 11.1. The molecule has 2 rings (SSSR count). The molecule has 0 aliphatic carbocycles. The number of anilines is 1. The van der Waals surface area contributed by atoms with Crippen molar-refractivity contribution < 1.29 is 14.3 Å². The Morgan fingerprint density at radius 2 is 1.91 bits per heavy atom. The molecule has 0 aromatic heterocycles. The number of amides is 2. The topological polar surface area (TPSA) is 81.4 Å². The van der Waals surface area contributed by atoms with Crippen LogP contribution in [0.4, 0.5) is 5.69 Å². The quantitative estimate of drug-likeness (QED) is 0.818. The Hall–Kier alpha value is -2.47. The van der Waals surface area contributed by atoms with Gasteiger partial charge in [0.2, 0.25) is 11.8 Å². The fourth-order valence-corrected chi connectivity index (χ4v) is 2.72. The van der Waals surface area contributed by atoms with Crippen molar-refractivity contribution in [1.29, 1.82) is 0 Å². The minimum absolute atomic E-state index is 0.120. The molecule has 120 valence electrons. The molecule has 3 N–H and O–H groups in total. The second kappa shape index (κ2) is 8.24. The van der Waals surface area contributed by atoms with Crippen LogP contribution in [0, 0.1) is 0 Å². The molecule has 0 bridgehead atoms. The third-order valence-electron chi connectivity index (χ3n) is 3.09. The molecule has 6 heteroatoms. The first-order valence-electron chi connectivity index (χ1n) is 6.99. The Bertz CT molecular complexity index is 686. The standard InChI is InChI=1S/C17H18N2O3S/c1-22-15-7-5-12(6-8-15)10-23-11-16(20)19-14-4-2-3-13(9-14)17(18)21/h2-9H,10-11H2,1H3,(H2,18,21)(H,19,20). The number of hydrogen-bond donors (Lipinski definition) is 2. The van der Waals surface area contributed by atoms with E-state index in [0.29, 0.717) is 17.0 Å². The van der Waals surface area contributed by atoms with Gasteiger partial charge in [0.1, 0.15) is 5.75 Å². The van der Waals surface area contributed by atoms with E-state index in [1.165, 1.54) is 11.8 Å². The van der Waals surface area contributed by atoms with Gasteiger partial charge in [0.15, 0.2) is 0 Å². The molecule has 2 amide bonds. The van der Waals surface area contributed by atoms with Crippen molar-refractivity contribution in [2.45, 2.75) is 5.75 Å². The summed E-state index contributed by atoms with van der Waals surface area (Å²) in [4.78, 5) is 23.0. The summed E-state index contributed by atoms with van der Waals surface area (Å²) in [6.07, 6.45) is 0. The van der Waals surface area contributed by atoms with Gasteiger partial charge < -0.3 is 15.8 Å². The van der Waals surface area contributed by atoms with Gasteiger partial charge in [-0.2, -0.15) is 0 Å². The molecule has 2 aromatic carbocycles. The van der Waals surface area contributed by atoms with E-state index in [4.69, 9.17) is 10.5 Å². The van der Waals surface area contributed by atoms with Crippen LogP contribution >= 0.6 is 11.8 Å². The monoisotopic (exact) mass is 330 g/mol. The van der Waals surface area contributed by atoms with Gasteiger partial charge in [0.25, 0.3) is 0 Å². The number of methoxy groups -OCH3 is 1. The van der Waals surface area contributed by atoms with E-state index >= 15 is 0 Å². The van der Waals surface area contributed by atoms with Crippen LogP contribution in [-0.4, -0.2) is 24.7 Å². The van der Waals surface area contributed by atoms with Gasteiger partial charge in [0, 0.05) is 17.0 Å². The highest BCUT2D eigenvalue weighted by atomic mass is 32.2. The molecule has 5 nitrogen and oxygen atoms in total. The summed E-state index contributed by atoms with van der Waals surface area (Å²) >= 11 is 1.51. The molecule has 0 saturated carbocycles. The first kappa shape index (κ1) is 16.9. The van der Waals surface area contributed by atoms with Crippen molar-refractivity contribution in [2.24, 2.45) is 5.73 Å². The van der Waals surface area contributed by atoms with E-state index in [1.54, 1.807) is 31.4 Å². The number of carbonyl (C=O) groups is 2. The molecule has 0 aliphatic rings. The predicted octanol–water partition coefficient (Wildman–Crippen LogP) is 2.67. The van der Waals surface area contributed by atoms with Crippen LogP contribution in [0.3, 0.4) is 0 Å². The maximum absolute atomic E-state index is 11.9. The highest BCUT2D eigenvalue weighted by molar-refractivity contribution is 7.99. The number of hydrogen-bond acceptors (Lipinski definition) is 4. The Kier molecular flexibility index (Phi) is 6.05. The Morgan fingerprint density at radius 3 is 2.57 bits per heavy atom. The van der Waals surface area contributed by atoms with Crippen LogP contribution in [-0.2, 0) is 10.5 Å². The molecular formula is C17H18N2O3S. The molecule has 0 aliphatic heterocycles. The van der Waals surface area contributed by atoms with Gasteiger partial charge in [-0.3, -0.25) is 9.59 Å². The Labute approximate surface area is 139 Å². The minimum Gasteiger partial charge on any atom is -0.497 e. The van der Waals surface area contributed by atoms with Gasteiger partial charge in [-0.1, -0.05) is 18.2 Å². The zero-order chi connectivity index (χ0) is 16.7. The smallest absolute Gasteiger partial charge is 0.248 e. The molecule has 2 aromatic rings. The lowest BCUT2D eigenvalue weighted by molar-refractivity contribution is -0.113. The second-order valence-corrected chi connectivity index (χ2v) is 5.82. The van der Waals surface area contributed by atoms with E-state index in [1.807, 2.05) is 24.3 Å². The molecule has 0 unspecified atom stereocenters. The highest BCUT2D eigenvalue weighted by Crippen LogP contribution is 2.17. The van der Waals surface area contributed by atoms with Crippen LogP contribution in [0.2, 0.25) is 0 Å². The summed E-state index contributed by atoms with van der Waals surface area (Å²) in [7, 11) is 1.63. The van der Waals surface area contributed by atoms with E-state index in [-0.39, 0.29) is 5.91 Å². The molecule has 0 radical (unpaired) electrons.